The van der Waals surface area contributed by atoms with Crippen molar-refractivity contribution in [3.8, 4) is 5.75 Å². The highest BCUT2D eigenvalue weighted by atomic mass is 32.1. The van der Waals surface area contributed by atoms with E-state index in [0.29, 0.717) is 30.1 Å². The molecule has 1 fully saturated rings. The minimum atomic E-state index is 0.276. The van der Waals surface area contributed by atoms with E-state index in [1.807, 2.05) is 24.3 Å². The standard InChI is InChI=1S/C16H23NO3S/c1-18-12-5-4-6-13(11-12)19-9-10-20-15-8-3-2-7-14(15)16(17)21/h2-3,7-8,12-13H,4-6,9-11H2,1H3,(H2,17,21). The molecule has 21 heavy (non-hydrogen) atoms. The molecular weight excluding hydrogens is 286 g/mol. The summed E-state index contributed by atoms with van der Waals surface area (Å²) < 4.78 is 17.0. The zero-order chi connectivity index (χ0) is 15.1. The molecule has 0 bridgehead atoms. The number of ether oxygens (including phenoxy) is 3. The molecule has 2 N–H and O–H groups in total. The van der Waals surface area contributed by atoms with E-state index in [4.69, 9.17) is 32.2 Å². The fourth-order valence-electron chi connectivity index (χ4n) is 2.63. The van der Waals surface area contributed by atoms with Gasteiger partial charge in [-0.15, -0.1) is 0 Å². The first-order chi connectivity index (χ1) is 10.2. The van der Waals surface area contributed by atoms with Crippen LogP contribution in [0.15, 0.2) is 24.3 Å². The van der Waals surface area contributed by atoms with Crippen LogP contribution < -0.4 is 10.5 Å². The van der Waals surface area contributed by atoms with Gasteiger partial charge in [0.05, 0.1) is 24.4 Å². The van der Waals surface area contributed by atoms with Gasteiger partial charge in [0, 0.05) is 7.11 Å². The minimum Gasteiger partial charge on any atom is -0.490 e. The van der Waals surface area contributed by atoms with Crippen LogP contribution in [0.25, 0.3) is 0 Å². The normalized spacial score (nSPS) is 22.0. The molecule has 2 rings (SSSR count). The van der Waals surface area contributed by atoms with Gasteiger partial charge in [0.2, 0.25) is 0 Å². The van der Waals surface area contributed by atoms with E-state index in [0.717, 1.165) is 31.2 Å². The van der Waals surface area contributed by atoms with Crippen molar-refractivity contribution >= 4 is 17.2 Å². The summed E-state index contributed by atoms with van der Waals surface area (Å²) in [6.45, 7) is 1.06. The third kappa shape index (κ3) is 4.95. The van der Waals surface area contributed by atoms with Gasteiger partial charge in [0.25, 0.3) is 0 Å². The summed E-state index contributed by atoms with van der Waals surface area (Å²) in [6, 6.07) is 7.53. The van der Waals surface area contributed by atoms with E-state index in [9.17, 15) is 0 Å². The molecule has 5 heteroatoms. The molecule has 2 unspecified atom stereocenters. The predicted molar refractivity (Wildman–Crippen MR) is 86.8 cm³/mol. The SMILES string of the molecule is COC1CCCC(OCCOc2ccccc2C(N)=S)C1. The third-order valence-electron chi connectivity index (χ3n) is 3.76. The largest absolute Gasteiger partial charge is 0.490 e. The summed E-state index contributed by atoms with van der Waals surface area (Å²) in [7, 11) is 1.77. The molecule has 0 amide bonds. The van der Waals surface area contributed by atoms with E-state index >= 15 is 0 Å². The van der Waals surface area contributed by atoms with Crippen LogP contribution in [-0.2, 0) is 9.47 Å². The number of hydrogen-bond acceptors (Lipinski definition) is 4. The van der Waals surface area contributed by atoms with Crippen LogP contribution >= 0.6 is 12.2 Å². The number of nitrogens with two attached hydrogens (primary N) is 1. The van der Waals surface area contributed by atoms with Crippen molar-refractivity contribution in [2.45, 2.75) is 37.9 Å². The molecule has 0 aliphatic heterocycles. The first-order valence-corrected chi connectivity index (χ1v) is 7.77. The second-order valence-electron chi connectivity index (χ2n) is 5.23. The number of methoxy groups -OCH3 is 1. The van der Waals surface area contributed by atoms with Crippen LogP contribution in [0.2, 0.25) is 0 Å². The van der Waals surface area contributed by atoms with Gasteiger partial charge in [0.1, 0.15) is 17.3 Å². The maximum absolute atomic E-state index is 5.87. The Labute approximate surface area is 131 Å². The number of hydrogen-bond donors (Lipinski definition) is 1. The Morgan fingerprint density at radius 2 is 2.00 bits per heavy atom. The molecule has 1 aromatic carbocycles. The zero-order valence-corrected chi connectivity index (χ0v) is 13.2. The molecule has 0 aromatic heterocycles. The average molecular weight is 309 g/mol. The van der Waals surface area contributed by atoms with E-state index in [-0.39, 0.29) is 6.10 Å². The van der Waals surface area contributed by atoms with Gasteiger partial charge >= 0.3 is 0 Å². The Kier molecular flexibility index (Phi) is 6.42. The summed E-state index contributed by atoms with van der Waals surface area (Å²) in [5.41, 5.74) is 6.44. The van der Waals surface area contributed by atoms with Crippen LogP contribution in [0.3, 0.4) is 0 Å². The highest BCUT2D eigenvalue weighted by Gasteiger charge is 2.21. The lowest BCUT2D eigenvalue weighted by molar-refractivity contribution is -0.0362. The van der Waals surface area contributed by atoms with Crippen LogP contribution in [0.5, 0.6) is 5.75 Å². The van der Waals surface area contributed by atoms with E-state index in [1.54, 1.807) is 7.11 Å². The maximum Gasteiger partial charge on any atom is 0.129 e. The number of rotatable bonds is 7. The van der Waals surface area contributed by atoms with Gasteiger partial charge in [-0.2, -0.15) is 0 Å². The van der Waals surface area contributed by atoms with Crippen LogP contribution in [0.4, 0.5) is 0 Å². The minimum absolute atomic E-state index is 0.276. The van der Waals surface area contributed by atoms with Gasteiger partial charge in [-0.05, 0) is 37.8 Å². The molecule has 0 spiro atoms. The number of thiocarbonyl (C=S) groups is 1. The van der Waals surface area contributed by atoms with Crippen molar-refractivity contribution in [3.05, 3.63) is 29.8 Å². The average Bonchev–Trinajstić information content (AvgIpc) is 2.52. The van der Waals surface area contributed by atoms with Crippen LogP contribution in [-0.4, -0.2) is 37.5 Å². The molecule has 0 radical (unpaired) electrons. The van der Waals surface area contributed by atoms with Crippen molar-refractivity contribution in [1.82, 2.24) is 0 Å². The topological polar surface area (TPSA) is 53.7 Å². The van der Waals surface area contributed by atoms with Crippen molar-refractivity contribution in [2.75, 3.05) is 20.3 Å². The smallest absolute Gasteiger partial charge is 0.129 e. The molecule has 2 atom stereocenters. The summed E-state index contributed by atoms with van der Waals surface area (Å²) in [5.74, 6) is 0.715. The summed E-state index contributed by atoms with van der Waals surface area (Å²) in [5, 5.41) is 0. The molecule has 1 aliphatic rings. The zero-order valence-electron chi connectivity index (χ0n) is 12.4. The molecule has 1 saturated carbocycles. The fourth-order valence-corrected chi connectivity index (χ4v) is 2.80. The molecular formula is C16H23NO3S. The van der Waals surface area contributed by atoms with E-state index in [1.165, 1.54) is 0 Å². The second-order valence-corrected chi connectivity index (χ2v) is 5.67. The first-order valence-electron chi connectivity index (χ1n) is 7.36. The highest BCUT2D eigenvalue weighted by Crippen LogP contribution is 2.23. The Morgan fingerprint density at radius 3 is 2.76 bits per heavy atom. The third-order valence-corrected chi connectivity index (χ3v) is 3.98. The fraction of sp³-hybridized carbons (Fsp3) is 0.562. The van der Waals surface area contributed by atoms with Crippen molar-refractivity contribution in [3.63, 3.8) is 0 Å². The monoisotopic (exact) mass is 309 g/mol. The highest BCUT2D eigenvalue weighted by molar-refractivity contribution is 7.80. The Hall–Kier alpha value is -1.17. The molecule has 1 aromatic rings. The van der Waals surface area contributed by atoms with E-state index in [2.05, 4.69) is 0 Å². The van der Waals surface area contributed by atoms with Gasteiger partial charge in [-0.3, -0.25) is 0 Å². The molecule has 4 nitrogen and oxygen atoms in total. The van der Waals surface area contributed by atoms with Crippen LogP contribution in [0.1, 0.15) is 31.2 Å². The summed E-state index contributed by atoms with van der Waals surface area (Å²) in [4.78, 5) is 0.349. The Morgan fingerprint density at radius 1 is 1.24 bits per heavy atom. The Balaban J connectivity index is 1.74. The van der Waals surface area contributed by atoms with Gasteiger partial charge in [-0.1, -0.05) is 24.4 Å². The Bertz CT molecular complexity index is 467. The van der Waals surface area contributed by atoms with Gasteiger partial charge in [0.15, 0.2) is 0 Å². The first kappa shape index (κ1) is 16.2. The lowest BCUT2D eigenvalue weighted by Crippen LogP contribution is -2.28. The predicted octanol–water partition coefficient (Wildman–Crippen LogP) is 2.67. The molecule has 0 saturated heterocycles. The number of benzene rings is 1. The summed E-state index contributed by atoms with van der Waals surface area (Å²) in [6.07, 6.45) is 4.98. The molecule has 1 aliphatic carbocycles. The van der Waals surface area contributed by atoms with Gasteiger partial charge in [-0.25, -0.2) is 0 Å². The molecule has 116 valence electrons. The summed E-state index contributed by atoms with van der Waals surface area (Å²) >= 11 is 5.01. The van der Waals surface area contributed by atoms with Gasteiger partial charge < -0.3 is 19.9 Å². The lowest BCUT2D eigenvalue weighted by atomic mass is 9.95. The van der Waals surface area contributed by atoms with Crippen molar-refractivity contribution in [2.24, 2.45) is 5.73 Å². The molecule has 0 heterocycles. The quantitative estimate of drug-likeness (QED) is 0.620. The maximum atomic E-state index is 5.87. The number of para-hydroxylation sites is 1. The van der Waals surface area contributed by atoms with Crippen molar-refractivity contribution < 1.29 is 14.2 Å². The second kappa shape index (κ2) is 8.32. The lowest BCUT2D eigenvalue weighted by Gasteiger charge is -2.28. The van der Waals surface area contributed by atoms with E-state index < -0.39 is 0 Å². The van der Waals surface area contributed by atoms with Crippen molar-refractivity contribution in [1.29, 1.82) is 0 Å². The van der Waals surface area contributed by atoms with Crippen LogP contribution in [0, 0.1) is 0 Å².